The third-order valence-electron chi connectivity index (χ3n) is 4.11. The predicted octanol–water partition coefficient (Wildman–Crippen LogP) is 4.67. The quantitative estimate of drug-likeness (QED) is 0.528. The first kappa shape index (κ1) is 18.4. The second-order valence-corrected chi connectivity index (χ2v) is 6.28. The molecule has 0 fully saturated rings. The van der Waals surface area contributed by atoms with Crippen molar-refractivity contribution < 1.29 is 13.6 Å². The average Bonchev–Trinajstić information content (AvgIpc) is 2.70. The molecular formula is C21H15F2N5O. The van der Waals surface area contributed by atoms with Crippen molar-refractivity contribution in [3.05, 3.63) is 72.4 Å². The highest BCUT2D eigenvalue weighted by molar-refractivity contribution is 5.92. The molecule has 2 aromatic heterocycles. The molecule has 0 unspecified atom stereocenters. The molecule has 1 amide bonds. The highest BCUT2D eigenvalue weighted by Gasteiger charge is 2.12. The molecule has 29 heavy (non-hydrogen) atoms. The van der Waals surface area contributed by atoms with E-state index in [1.54, 1.807) is 18.3 Å². The lowest BCUT2D eigenvalue weighted by atomic mass is 10.2. The second-order valence-electron chi connectivity index (χ2n) is 6.28. The number of carbonyl (C=O) groups excluding carboxylic acids is 1. The van der Waals surface area contributed by atoms with Gasteiger partial charge in [-0.3, -0.25) is 4.79 Å². The van der Waals surface area contributed by atoms with Crippen LogP contribution in [-0.2, 0) is 4.79 Å². The van der Waals surface area contributed by atoms with Crippen molar-refractivity contribution >= 4 is 34.1 Å². The molecule has 0 bridgehead atoms. The number of nitrogens with one attached hydrogen (secondary N) is 2. The van der Waals surface area contributed by atoms with Crippen LogP contribution in [0.15, 0.2) is 60.8 Å². The molecule has 2 N–H and O–H groups in total. The summed E-state index contributed by atoms with van der Waals surface area (Å²) >= 11 is 0. The summed E-state index contributed by atoms with van der Waals surface area (Å²) in [6, 6.07) is 14.2. The molecule has 4 rings (SSSR count). The second kappa shape index (κ2) is 7.59. The maximum atomic E-state index is 13.6. The Hall–Kier alpha value is -3.94. The Morgan fingerprint density at radius 1 is 0.966 bits per heavy atom. The van der Waals surface area contributed by atoms with Crippen LogP contribution in [0, 0.1) is 11.6 Å². The first-order valence-electron chi connectivity index (χ1n) is 8.72. The van der Waals surface area contributed by atoms with Gasteiger partial charge in [-0.2, -0.15) is 0 Å². The Kier molecular flexibility index (Phi) is 4.82. The third kappa shape index (κ3) is 4.01. The summed E-state index contributed by atoms with van der Waals surface area (Å²) in [7, 11) is 0. The number of anilines is 3. The number of amides is 1. The minimum atomic E-state index is -0.956. The molecular weight excluding hydrogens is 376 g/mol. The topological polar surface area (TPSA) is 79.8 Å². The first-order valence-corrected chi connectivity index (χ1v) is 8.72. The van der Waals surface area contributed by atoms with E-state index in [9.17, 15) is 13.6 Å². The Labute approximate surface area is 164 Å². The Morgan fingerprint density at radius 2 is 1.79 bits per heavy atom. The van der Waals surface area contributed by atoms with Crippen LogP contribution >= 0.6 is 0 Å². The van der Waals surface area contributed by atoms with Crippen molar-refractivity contribution in [3.8, 4) is 11.4 Å². The van der Waals surface area contributed by atoms with Gasteiger partial charge in [-0.1, -0.05) is 12.1 Å². The Bertz CT molecular complexity index is 1230. The summed E-state index contributed by atoms with van der Waals surface area (Å²) in [5, 5.41) is 6.37. The molecule has 0 aliphatic carbocycles. The molecule has 0 aliphatic rings. The van der Waals surface area contributed by atoms with Crippen LogP contribution < -0.4 is 10.6 Å². The Balaban J connectivity index is 1.80. The predicted molar refractivity (Wildman–Crippen MR) is 107 cm³/mol. The lowest BCUT2D eigenvalue weighted by Crippen LogP contribution is -2.07. The average molecular weight is 391 g/mol. The van der Waals surface area contributed by atoms with E-state index in [2.05, 4.69) is 25.6 Å². The van der Waals surface area contributed by atoms with Crippen LogP contribution in [0.5, 0.6) is 0 Å². The SMILES string of the molecule is CC(=O)Nc1cc(-c2nc(Nc3ccc(F)c(F)c3)c3ccccc3n2)ccn1. The van der Waals surface area contributed by atoms with Crippen molar-refractivity contribution in [2.75, 3.05) is 10.6 Å². The molecule has 6 nitrogen and oxygen atoms in total. The largest absolute Gasteiger partial charge is 0.340 e. The molecule has 2 aromatic carbocycles. The van der Waals surface area contributed by atoms with Gasteiger partial charge in [0.25, 0.3) is 0 Å². The van der Waals surface area contributed by atoms with Gasteiger partial charge in [-0.05, 0) is 36.4 Å². The van der Waals surface area contributed by atoms with E-state index in [0.717, 1.165) is 17.5 Å². The van der Waals surface area contributed by atoms with Crippen molar-refractivity contribution in [1.29, 1.82) is 0 Å². The number of hydrogen-bond acceptors (Lipinski definition) is 5. The minimum Gasteiger partial charge on any atom is -0.340 e. The summed E-state index contributed by atoms with van der Waals surface area (Å²) in [5.41, 5.74) is 1.66. The smallest absolute Gasteiger partial charge is 0.222 e. The highest BCUT2D eigenvalue weighted by atomic mass is 19.2. The number of fused-ring (bicyclic) bond motifs is 1. The maximum absolute atomic E-state index is 13.6. The fourth-order valence-corrected chi connectivity index (χ4v) is 2.83. The number of hydrogen-bond donors (Lipinski definition) is 2. The maximum Gasteiger partial charge on any atom is 0.222 e. The third-order valence-corrected chi connectivity index (χ3v) is 4.11. The lowest BCUT2D eigenvalue weighted by molar-refractivity contribution is -0.114. The standard InChI is InChI=1S/C21H15F2N5O/c1-12(29)25-19-10-13(8-9-24-19)20-27-18-5-3-2-4-15(18)21(28-20)26-14-6-7-16(22)17(23)11-14/h2-11H,1H3,(H,24,25,29)(H,26,27,28). The van der Waals surface area contributed by atoms with E-state index in [1.165, 1.54) is 13.0 Å². The fraction of sp³-hybridized carbons (Fsp3) is 0.0476. The van der Waals surface area contributed by atoms with Crippen LogP contribution in [0.4, 0.5) is 26.1 Å². The lowest BCUT2D eigenvalue weighted by Gasteiger charge is -2.12. The van der Waals surface area contributed by atoms with Crippen molar-refractivity contribution in [2.45, 2.75) is 6.92 Å². The number of pyridine rings is 1. The zero-order valence-electron chi connectivity index (χ0n) is 15.3. The number of nitrogens with zero attached hydrogens (tertiary/aromatic N) is 3. The molecule has 0 radical (unpaired) electrons. The van der Waals surface area contributed by atoms with Gasteiger partial charge in [0.1, 0.15) is 11.6 Å². The summed E-state index contributed by atoms with van der Waals surface area (Å²) in [6.45, 7) is 1.39. The van der Waals surface area contributed by atoms with Gasteiger partial charge in [0, 0.05) is 35.8 Å². The van der Waals surface area contributed by atoms with Crippen LogP contribution in [-0.4, -0.2) is 20.9 Å². The van der Waals surface area contributed by atoms with E-state index in [4.69, 9.17) is 0 Å². The van der Waals surface area contributed by atoms with Crippen molar-refractivity contribution in [2.24, 2.45) is 0 Å². The summed E-state index contributed by atoms with van der Waals surface area (Å²) in [5.74, 6) is -0.914. The van der Waals surface area contributed by atoms with Crippen LogP contribution in [0.25, 0.3) is 22.3 Å². The van der Waals surface area contributed by atoms with E-state index >= 15 is 0 Å². The van der Waals surface area contributed by atoms with Gasteiger partial charge in [0.05, 0.1) is 5.52 Å². The van der Waals surface area contributed by atoms with E-state index in [1.807, 2.05) is 24.3 Å². The van der Waals surface area contributed by atoms with Crippen LogP contribution in [0.2, 0.25) is 0 Å². The molecule has 0 atom stereocenters. The van der Waals surface area contributed by atoms with Gasteiger partial charge >= 0.3 is 0 Å². The van der Waals surface area contributed by atoms with E-state index in [0.29, 0.717) is 34.2 Å². The zero-order chi connectivity index (χ0) is 20.4. The van der Waals surface area contributed by atoms with Gasteiger partial charge in [0.15, 0.2) is 17.5 Å². The molecule has 0 spiro atoms. The highest BCUT2D eigenvalue weighted by Crippen LogP contribution is 2.28. The molecule has 4 aromatic rings. The monoisotopic (exact) mass is 391 g/mol. The minimum absolute atomic E-state index is 0.241. The van der Waals surface area contributed by atoms with Crippen molar-refractivity contribution in [3.63, 3.8) is 0 Å². The van der Waals surface area contributed by atoms with Gasteiger partial charge in [-0.25, -0.2) is 23.7 Å². The van der Waals surface area contributed by atoms with Crippen LogP contribution in [0.3, 0.4) is 0 Å². The van der Waals surface area contributed by atoms with E-state index in [-0.39, 0.29) is 5.91 Å². The van der Waals surface area contributed by atoms with Crippen LogP contribution in [0.1, 0.15) is 6.92 Å². The summed E-state index contributed by atoms with van der Waals surface area (Å²) in [4.78, 5) is 24.5. The summed E-state index contributed by atoms with van der Waals surface area (Å²) in [6.07, 6.45) is 1.54. The fourth-order valence-electron chi connectivity index (χ4n) is 2.83. The number of carbonyl (C=O) groups is 1. The number of rotatable bonds is 4. The molecule has 2 heterocycles. The van der Waals surface area contributed by atoms with Gasteiger partial charge in [0.2, 0.25) is 5.91 Å². The van der Waals surface area contributed by atoms with E-state index < -0.39 is 11.6 Å². The molecule has 0 saturated heterocycles. The van der Waals surface area contributed by atoms with Gasteiger partial charge < -0.3 is 10.6 Å². The molecule has 0 saturated carbocycles. The van der Waals surface area contributed by atoms with Gasteiger partial charge in [-0.15, -0.1) is 0 Å². The summed E-state index contributed by atoms with van der Waals surface area (Å²) < 4.78 is 26.8. The Morgan fingerprint density at radius 3 is 2.59 bits per heavy atom. The molecule has 0 aliphatic heterocycles. The normalized spacial score (nSPS) is 10.7. The first-order chi connectivity index (χ1) is 14.0. The number of para-hydroxylation sites is 1. The number of aromatic nitrogens is 3. The molecule has 144 valence electrons. The number of benzene rings is 2. The molecule has 8 heteroatoms. The zero-order valence-corrected chi connectivity index (χ0v) is 15.3. The van der Waals surface area contributed by atoms with Crippen molar-refractivity contribution in [1.82, 2.24) is 15.0 Å². The number of halogens is 2.